The van der Waals surface area contributed by atoms with Gasteiger partial charge in [0.1, 0.15) is 0 Å². The number of likely N-dealkylation sites (N-methyl/N-ethyl adjacent to an activating group) is 1. The van der Waals surface area contributed by atoms with E-state index in [0.29, 0.717) is 6.61 Å². The topological polar surface area (TPSA) is 40.6 Å². The highest BCUT2D eigenvalue weighted by molar-refractivity contribution is 7.15. The summed E-state index contributed by atoms with van der Waals surface area (Å²) in [5.41, 5.74) is 1.11. The maximum atomic E-state index is 5.30. The van der Waals surface area contributed by atoms with Crippen molar-refractivity contribution >= 4 is 16.5 Å². The molecule has 0 atom stereocenters. The lowest BCUT2D eigenvalue weighted by molar-refractivity contribution is 0.181. The molecule has 2 aliphatic rings. The molecule has 1 aliphatic carbocycles. The average molecular weight is 296 g/mol. The van der Waals surface area contributed by atoms with Crippen LogP contribution in [0.5, 0.6) is 0 Å². The molecule has 0 amide bonds. The zero-order valence-electron chi connectivity index (χ0n) is 12.4. The first kappa shape index (κ1) is 14.3. The monoisotopic (exact) mass is 296 g/mol. The molecular formula is C14H24N4OS. The van der Waals surface area contributed by atoms with Gasteiger partial charge in [0, 0.05) is 50.8 Å². The Labute approximate surface area is 124 Å². The SMILES string of the molecule is COCc1nc(N2CCN(C)CC2)sc1CNC1CC1. The van der Waals surface area contributed by atoms with E-state index in [2.05, 4.69) is 22.2 Å². The van der Waals surface area contributed by atoms with Crippen LogP contribution in [0.2, 0.25) is 0 Å². The molecule has 1 saturated carbocycles. The van der Waals surface area contributed by atoms with Crippen molar-refractivity contribution in [2.45, 2.75) is 32.0 Å². The van der Waals surface area contributed by atoms with E-state index in [4.69, 9.17) is 9.72 Å². The number of ether oxygens (including phenoxy) is 1. The van der Waals surface area contributed by atoms with Crippen molar-refractivity contribution in [3.8, 4) is 0 Å². The van der Waals surface area contributed by atoms with Gasteiger partial charge in [0.05, 0.1) is 12.3 Å². The van der Waals surface area contributed by atoms with Crippen LogP contribution in [-0.4, -0.2) is 56.3 Å². The second-order valence-electron chi connectivity index (χ2n) is 5.74. The molecule has 0 unspecified atom stereocenters. The van der Waals surface area contributed by atoms with Gasteiger partial charge in [-0.2, -0.15) is 0 Å². The second-order valence-corrected chi connectivity index (χ2v) is 6.81. The van der Waals surface area contributed by atoms with Crippen LogP contribution in [0.4, 0.5) is 5.13 Å². The molecule has 20 heavy (non-hydrogen) atoms. The van der Waals surface area contributed by atoms with Gasteiger partial charge in [0.2, 0.25) is 0 Å². The van der Waals surface area contributed by atoms with Gasteiger partial charge in [-0.15, -0.1) is 11.3 Å². The van der Waals surface area contributed by atoms with Crippen molar-refractivity contribution < 1.29 is 4.74 Å². The highest BCUT2D eigenvalue weighted by Crippen LogP contribution is 2.29. The number of nitrogens with one attached hydrogen (secondary N) is 1. The predicted octanol–water partition coefficient (Wildman–Crippen LogP) is 1.29. The Balaban J connectivity index is 1.68. The van der Waals surface area contributed by atoms with E-state index in [9.17, 15) is 0 Å². The molecule has 0 aromatic carbocycles. The van der Waals surface area contributed by atoms with Gasteiger partial charge in [0.15, 0.2) is 5.13 Å². The first-order valence-electron chi connectivity index (χ1n) is 7.40. The Morgan fingerprint density at radius 1 is 1.30 bits per heavy atom. The second kappa shape index (κ2) is 6.39. The third-order valence-electron chi connectivity index (χ3n) is 3.95. The van der Waals surface area contributed by atoms with E-state index in [1.165, 1.54) is 17.7 Å². The van der Waals surface area contributed by atoms with Gasteiger partial charge in [0.25, 0.3) is 0 Å². The maximum absolute atomic E-state index is 5.30. The number of hydrogen-bond donors (Lipinski definition) is 1. The number of anilines is 1. The summed E-state index contributed by atoms with van der Waals surface area (Å²) in [7, 11) is 3.92. The average Bonchev–Trinajstić information content (AvgIpc) is 3.19. The van der Waals surface area contributed by atoms with E-state index < -0.39 is 0 Å². The van der Waals surface area contributed by atoms with E-state index >= 15 is 0 Å². The minimum atomic E-state index is 0.617. The Kier molecular flexibility index (Phi) is 4.55. The van der Waals surface area contributed by atoms with Crippen molar-refractivity contribution in [1.82, 2.24) is 15.2 Å². The standard InChI is InChI=1S/C14H24N4OS/c1-17-5-7-18(8-6-17)14-16-12(10-19-2)13(20-14)9-15-11-3-4-11/h11,15H,3-10H2,1-2H3. The third kappa shape index (κ3) is 3.49. The van der Waals surface area contributed by atoms with Crippen molar-refractivity contribution in [2.75, 3.05) is 45.2 Å². The van der Waals surface area contributed by atoms with E-state index in [1.807, 2.05) is 11.3 Å². The summed E-state index contributed by atoms with van der Waals surface area (Å²) in [5, 5.41) is 4.75. The van der Waals surface area contributed by atoms with E-state index in [1.54, 1.807) is 7.11 Å². The number of hydrogen-bond acceptors (Lipinski definition) is 6. The van der Waals surface area contributed by atoms with Gasteiger partial charge < -0.3 is 19.9 Å². The molecule has 0 radical (unpaired) electrons. The van der Waals surface area contributed by atoms with Crippen LogP contribution in [0.1, 0.15) is 23.4 Å². The third-order valence-corrected chi connectivity index (χ3v) is 5.11. The van der Waals surface area contributed by atoms with Crippen LogP contribution in [-0.2, 0) is 17.9 Å². The summed E-state index contributed by atoms with van der Waals surface area (Å²) in [4.78, 5) is 10.9. The number of aromatic nitrogens is 1. The molecule has 1 aliphatic heterocycles. The first-order chi connectivity index (χ1) is 9.76. The summed E-state index contributed by atoms with van der Waals surface area (Å²) in [6.45, 7) is 5.95. The van der Waals surface area contributed by atoms with Crippen molar-refractivity contribution in [3.63, 3.8) is 0 Å². The lowest BCUT2D eigenvalue weighted by Crippen LogP contribution is -2.44. The van der Waals surface area contributed by atoms with Crippen LogP contribution < -0.4 is 10.2 Å². The normalized spacial score (nSPS) is 20.6. The highest BCUT2D eigenvalue weighted by Gasteiger charge is 2.23. The summed E-state index contributed by atoms with van der Waals surface area (Å²) in [6.07, 6.45) is 2.65. The minimum absolute atomic E-state index is 0.617. The van der Waals surface area contributed by atoms with Gasteiger partial charge in [-0.05, 0) is 19.9 Å². The molecule has 0 bridgehead atoms. The molecule has 1 saturated heterocycles. The van der Waals surface area contributed by atoms with Gasteiger partial charge in [-0.3, -0.25) is 0 Å². The van der Waals surface area contributed by atoms with Crippen molar-refractivity contribution in [3.05, 3.63) is 10.6 Å². The zero-order chi connectivity index (χ0) is 13.9. The molecule has 2 fully saturated rings. The maximum Gasteiger partial charge on any atom is 0.186 e. The Morgan fingerprint density at radius 3 is 2.70 bits per heavy atom. The van der Waals surface area contributed by atoms with E-state index in [-0.39, 0.29) is 0 Å². The molecule has 3 rings (SSSR count). The Hall–Kier alpha value is -0.690. The summed E-state index contributed by atoms with van der Waals surface area (Å²) in [6, 6.07) is 0.736. The Morgan fingerprint density at radius 2 is 2.05 bits per heavy atom. The summed E-state index contributed by atoms with van der Waals surface area (Å²) in [5.74, 6) is 0. The fraction of sp³-hybridized carbons (Fsp3) is 0.786. The van der Waals surface area contributed by atoms with Crippen molar-refractivity contribution in [1.29, 1.82) is 0 Å². The minimum Gasteiger partial charge on any atom is -0.378 e. The summed E-state index contributed by atoms with van der Waals surface area (Å²) >= 11 is 1.83. The molecule has 5 nitrogen and oxygen atoms in total. The molecule has 0 spiro atoms. The predicted molar refractivity (Wildman–Crippen MR) is 82.4 cm³/mol. The zero-order valence-corrected chi connectivity index (χ0v) is 13.2. The number of rotatable bonds is 6. The number of thiazole rings is 1. The number of piperazine rings is 1. The van der Waals surface area contributed by atoms with Gasteiger partial charge >= 0.3 is 0 Å². The molecule has 2 heterocycles. The van der Waals surface area contributed by atoms with Crippen molar-refractivity contribution in [2.24, 2.45) is 0 Å². The molecule has 112 valence electrons. The number of nitrogens with zero attached hydrogens (tertiary/aromatic N) is 3. The lowest BCUT2D eigenvalue weighted by atomic mass is 10.3. The molecule has 1 aromatic rings. The Bertz CT molecular complexity index is 438. The summed E-state index contributed by atoms with van der Waals surface area (Å²) < 4.78 is 5.30. The molecule has 6 heteroatoms. The van der Waals surface area contributed by atoms with Crippen LogP contribution in [0.25, 0.3) is 0 Å². The van der Waals surface area contributed by atoms with Crippen LogP contribution >= 0.6 is 11.3 Å². The highest BCUT2D eigenvalue weighted by atomic mass is 32.1. The molecular weight excluding hydrogens is 272 g/mol. The quantitative estimate of drug-likeness (QED) is 0.857. The number of methoxy groups -OCH3 is 1. The molecule has 1 aromatic heterocycles. The lowest BCUT2D eigenvalue weighted by Gasteiger charge is -2.32. The van der Waals surface area contributed by atoms with Crippen LogP contribution in [0, 0.1) is 0 Å². The molecule has 1 N–H and O–H groups in total. The van der Waals surface area contributed by atoms with Gasteiger partial charge in [-0.1, -0.05) is 0 Å². The fourth-order valence-corrected chi connectivity index (χ4v) is 3.48. The first-order valence-corrected chi connectivity index (χ1v) is 8.22. The largest absolute Gasteiger partial charge is 0.378 e. The van der Waals surface area contributed by atoms with Crippen LogP contribution in [0.3, 0.4) is 0 Å². The fourth-order valence-electron chi connectivity index (χ4n) is 2.41. The van der Waals surface area contributed by atoms with Crippen LogP contribution in [0.15, 0.2) is 0 Å². The smallest absolute Gasteiger partial charge is 0.186 e. The van der Waals surface area contributed by atoms with E-state index in [0.717, 1.165) is 49.6 Å². The van der Waals surface area contributed by atoms with Gasteiger partial charge in [-0.25, -0.2) is 4.98 Å².